The van der Waals surface area contributed by atoms with Crippen LogP contribution in [0.2, 0.25) is 15.1 Å². The number of benzene rings is 2. The molecule has 1 saturated heterocycles. The van der Waals surface area contributed by atoms with Crippen LogP contribution in [0.15, 0.2) is 42.5 Å². The zero-order valence-electron chi connectivity index (χ0n) is 12.4. The Morgan fingerprint density at radius 3 is 2.25 bits per heavy atom. The Labute approximate surface area is 154 Å². The normalized spacial score (nSPS) is 17.2. The number of hydrogen-bond donors (Lipinski definition) is 1. The predicted octanol–water partition coefficient (Wildman–Crippen LogP) is 4.64. The molecule has 0 aromatic heterocycles. The molecule has 0 radical (unpaired) electrons. The highest BCUT2D eigenvalue weighted by atomic mass is 35.5. The number of rotatable bonds is 3. The quantitative estimate of drug-likeness (QED) is 0.839. The lowest BCUT2D eigenvalue weighted by Crippen LogP contribution is -2.28. The Kier molecular flexibility index (Phi) is 4.99. The molecular weight excluding hydrogens is 371 g/mol. The van der Waals surface area contributed by atoms with Gasteiger partial charge in [-0.2, -0.15) is 0 Å². The van der Waals surface area contributed by atoms with E-state index in [0.29, 0.717) is 26.4 Å². The molecule has 3 rings (SSSR count). The zero-order valence-corrected chi connectivity index (χ0v) is 14.7. The largest absolute Gasteiger partial charge is 0.326 e. The highest BCUT2D eigenvalue weighted by Gasteiger charge is 2.35. The van der Waals surface area contributed by atoms with Gasteiger partial charge in [-0.25, -0.2) is 0 Å². The first-order valence-corrected chi connectivity index (χ1v) is 8.38. The second kappa shape index (κ2) is 7.01. The monoisotopic (exact) mass is 382 g/mol. The van der Waals surface area contributed by atoms with Gasteiger partial charge in [0.25, 0.3) is 0 Å². The van der Waals surface area contributed by atoms with E-state index >= 15 is 0 Å². The van der Waals surface area contributed by atoms with Crippen molar-refractivity contribution in [1.82, 2.24) is 0 Å². The number of anilines is 2. The van der Waals surface area contributed by atoms with E-state index in [9.17, 15) is 9.59 Å². The maximum atomic E-state index is 12.4. The SMILES string of the molecule is O=C(Nc1ccc(Cl)cc1)C1CC(=O)N(c2cc(Cl)cc(Cl)c2)C1. The average molecular weight is 384 g/mol. The molecule has 1 aliphatic heterocycles. The van der Waals surface area contributed by atoms with Gasteiger partial charge in [0, 0.05) is 39.4 Å². The van der Waals surface area contributed by atoms with Crippen LogP contribution in [0.3, 0.4) is 0 Å². The topological polar surface area (TPSA) is 49.4 Å². The minimum Gasteiger partial charge on any atom is -0.326 e. The highest BCUT2D eigenvalue weighted by molar-refractivity contribution is 6.35. The molecular formula is C17H13Cl3N2O2. The number of hydrogen-bond acceptors (Lipinski definition) is 2. The second-order valence-electron chi connectivity index (χ2n) is 5.53. The summed E-state index contributed by atoms with van der Waals surface area (Å²) in [5.41, 5.74) is 1.24. The van der Waals surface area contributed by atoms with Crippen LogP contribution in [0.1, 0.15) is 6.42 Å². The molecule has 7 heteroatoms. The molecule has 124 valence electrons. The number of carbonyl (C=O) groups excluding carboxylic acids is 2. The van der Waals surface area contributed by atoms with Gasteiger partial charge in [0.15, 0.2) is 0 Å². The smallest absolute Gasteiger partial charge is 0.229 e. The summed E-state index contributed by atoms with van der Waals surface area (Å²) in [4.78, 5) is 26.2. The van der Waals surface area contributed by atoms with E-state index in [1.165, 1.54) is 4.90 Å². The van der Waals surface area contributed by atoms with Crippen molar-refractivity contribution in [3.05, 3.63) is 57.5 Å². The van der Waals surface area contributed by atoms with Crippen molar-refractivity contribution in [2.45, 2.75) is 6.42 Å². The molecule has 24 heavy (non-hydrogen) atoms. The van der Waals surface area contributed by atoms with Gasteiger partial charge in [0.2, 0.25) is 11.8 Å². The fourth-order valence-electron chi connectivity index (χ4n) is 2.61. The Balaban J connectivity index is 1.71. The van der Waals surface area contributed by atoms with Gasteiger partial charge >= 0.3 is 0 Å². The lowest BCUT2D eigenvalue weighted by atomic mass is 10.1. The molecule has 1 aliphatic rings. The van der Waals surface area contributed by atoms with Gasteiger partial charge < -0.3 is 10.2 Å². The van der Waals surface area contributed by atoms with Crippen molar-refractivity contribution in [1.29, 1.82) is 0 Å². The van der Waals surface area contributed by atoms with Crippen molar-refractivity contribution >= 4 is 58.0 Å². The minimum atomic E-state index is -0.439. The van der Waals surface area contributed by atoms with Gasteiger partial charge in [0.05, 0.1) is 5.92 Å². The first-order chi connectivity index (χ1) is 11.4. The van der Waals surface area contributed by atoms with Crippen LogP contribution in [-0.2, 0) is 9.59 Å². The molecule has 2 aromatic rings. The van der Waals surface area contributed by atoms with E-state index < -0.39 is 5.92 Å². The van der Waals surface area contributed by atoms with Crippen molar-refractivity contribution < 1.29 is 9.59 Å². The third-order valence-corrected chi connectivity index (χ3v) is 4.45. The summed E-state index contributed by atoms with van der Waals surface area (Å²) in [5.74, 6) is -0.781. The van der Waals surface area contributed by atoms with E-state index in [1.807, 2.05) is 0 Å². The van der Waals surface area contributed by atoms with Crippen molar-refractivity contribution in [3.8, 4) is 0 Å². The third kappa shape index (κ3) is 3.83. The maximum Gasteiger partial charge on any atom is 0.229 e. The first-order valence-electron chi connectivity index (χ1n) is 7.25. The molecule has 0 aliphatic carbocycles. The van der Waals surface area contributed by atoms with Gasteiger partial charge in [0.1, 0.15) is 0 Å². The van der Waals surface area contributed by atoms with Crippen LogP contribution in [0.25, 0.3) is 0 Å². The van der Waals surface area contributed by atoms with Crippen molar-refractivity contribution in [2.75, 3.05) is 16.8 Å². The van der Waals surface area contributed by atoms with Crippen LogP contribution in [0, 0.1) is 5.92 Å². The van der Waals surface area contributed by atoms with E-state index in [1.54, 1.807) is 42.5 Å². The molecule has 1 atom stereocenters. The van der Waals surface area contributed by atoms with Crippen LogP contribution < -0.4 is 10.2 Å². The Morgan fingerprint density at radius 2 is 1.62 bits per heavy atom. The van der Waals surface area contributed by atoms with Gasteiger partial charge in [-0.1, -0.05) is 34.8 Å². The maximum absolute atomic E-state index is 12.4. The Morgan fingerprint density at radius 1 is 1.00 bits per heavy atom. The highest BCUT2D eigenvalue weighted by Crippen LogP contribution is 2.30. The molecule has 2 amide bonds. The summed E-state index contributed by atoms with van der Waals surface area (Å²) >= 11 is 17.8. The summed E-state index contributed by atoms with van der Waals surface area (Å²) in [7, 11) is 0. The number of halogens is 3. The number of nitrogens with one attached hydrogen (secondary N) is 1. The first kappa shape index (κ1) is 17.1. The molecule has 1 fully saturated rings. The van der Waals surface area contributed by atoms with E-state index in [0.717, 1.165) is 0 Å². The molecule has 0 saturated carbocycles. The van der Waals surface area contributed by atoms with Crippen molar-refractivity contribution in [3.63, 3.8) is 0 Å². The zero-order chi connectivity index (χ0) is 17.3. The van der Waals surface area contributed by atoms with Crippen LogP contribution >= 0.6 is 34.8 Å². The Hall–Kier alpha value is -1.75. The van der Waals surface area contributed by atoms with Gasteiger partial charge in [-0.05, 0) is 42.5 Å². The molecule has 1 heterocycles. The summed E-state index contributed by atoms with van der Waals surface area (Å²) in [6.45, 7) is 0.287. The van der Waals surface area contributed by atoms with Crippen LogP contribution in [0.5, 0.6) is 0 Å². The average Bonchev–Trinajstić information content (AvgIpc) is 2.91. The fraction of sp³-hybridized carbons (Fsp3) is 0.176. The third-order valence-electron chi connectivity index (χ3n) is 3.77. The van der Waals surface area contributed by atoms with Crippen LogP contribution in [0.4, 0.5) is 11.4 Å². The molecule has 1 unspecified atom stereocenters. The van der Waals surface area contributed by atoms with Gasteiger partial charge in [-0.3, -0.25) is 9.59 Å². The summed E-state index contributed by atoms with van der Waals surface area (Å²) in [6, 6.07) is 11.7. The minimum absolute atomic E-state index is 0.135. The van der Waals surface area contributed by atoms with Gasteiger partial charge in [-0.15, -0.1) is 0 Å². The fourth-order valence-corrected chi connectivity index (χ4v) is 3.25. The van der Waals surface area contributed by atoms with E-state index in [4.69, 9.17) is 34.8 Å². The number of nitrogens with zero attached hydrogens (tertiary/aromatic N) is 1. The Bertz CT molecular complexity index is 773. The van der Waals surface area contributed by atoms with Crippen LogP contribution in [-0.4, -0.2) is 18.4 Å². The second-order valence-corrected chi connectivity index (χ2v) is 6.84. The summed E-state index contributed by atoms with van der Waals surface area (Å²) in [6.07, 6.45) is 0.142. The summed E-state index contributed by atoms with van der Waals surface area (Å²) < 4.78 is 0. The molecule has 0 bridgehead atoms. The summed E-state index contributed by atoms with van der Waals surface area (Å²) in [5, 5.41) is 4.28. The van der Waals surface area contributed by atoms with E-state index in [-0.39, 0.29) is 24.8 Å². The molecule has 0 spiro atoms. The predicted molar refractivity (Wildman–Crippen MR) is 97.0 cm³/mol. The van der Waals surface area contributed by atoms with E-state index in [2.05, 4.69) is 5.32 Å². The van der Waals surface area contributed by atoms with Crippen molar-refractivity contribution in [2.24, 2.45) is 5.92 Å². The molecule has 2 aromatic carbocycles. The molecule has 4 nitrogen and oxygen atoms in total. The number of amides is 2. The number of carbonyl (C=O) groups is 2. The molecule has 1 N–H and O–H groups in total. The standard InChI is InChI=1S/C17H13Cl3N2O2/c18-11-1-3-14(4-2-11)21-17(24)10-5-16(23)22(9-10)15-7-12(19)6-13(20)8-15/h1-4,6-8,10H,5,9H2,(H,21,24). The lowest BCUT2D eigenvalue weighted by Gasteiger charge is -2.17. The lowest BCUT2D eigenvalue weighted by molar-refractivity contribution is -0.122.